The third kappa shape index (κ3) is 2.99. The first-order valence-electron chi connectivity index (χ1n) is 6.50. The number of halogens is 1. The maximum atomic E-state index is 10.7. The number of piperidine rings is 1. The lowest BCUT2D eigenvalue weighted by Crippen LogP contribution is -2.33. The maximum Gasteiger partial charge on any atom is 0.283 e. The van der Waals surface area contributed by atoms with Gasteiger partial charge < -0.3 is 13.6 Å². The zero-order valence-electron chi connectivity index (χ0n) is 10.8. The van der Waals surface area contributed by atoms with Crippen molar-refractivity contribution in [1.29, 1.82) is 0 Å². The van der Waals surface area contributed by atoms with E-state index in [1.807, 2.05) is 0 Å². The van der Waals surface area contributed by atoms with Crippen LogP contribution in [0.25, 0.3) is 11.7 Å². The van der Waals surface area contributed by atoms with Gasteiger partial charge in [0.25, 0.3) is 5.89 Å². The van der Waals surface area contributed by atoms with Crippen molar-refractivity contribution in [2.45, 2.75) is 19.4 Å². The largest absolute Gasteiger partial charge is 0.444 e. The summed E-state index contributed by atoms with van der Waals surface area (Å²) in [5.74, 6) is 1.70. The first-order valence-corrected chi connectivity index (χ1v) is 7.29. The van der Waals surface area contributed by atoms with Crippen molar-refractivity contribution in [3.8, 4) is 11.7 Å². The van der Waals surface area contributed by atoms with Gasteiger partial charge in [-0.1, -0.05) is 0 Å². The fourth-order valence-corrected chi connectivity index (χ4v) is 2.59. The van der Waals surface area contributed by atoms with Crippen molar-refractivity contribution in [1.82, 2.24) is 15.1 Å². The van der Waals surface area contributed by atoms with Crippen molar-refractivity contribution in [3.05, 3.63) is 22.7 Å². The Morgan fingerprint density at radius 2 is 2.10 bits per heavy atom. The zero-order chi connectivity index (χ0) is 13.9. The summed E-state index contributed by atoms with van der Waals surface area (Å²) in [6, 6.07) is 3.56. The molecule has 0 N–H and O–H groups in total. The van der Waals surface area contributed by atoms with Gasteiger partial charge in [0, 0.05) is 5.92 Å². The summed E-state index contributed by atoms with van der Waals surface area (Å²) in [5.41, 5.74) is 0. The molecule has 0 radical (unpaired) electrons. The first kappa shape index (κ1) is 13.5. The highest BCUT2D eigenvalue weighted by atomic mass is 79.9. The van der Waals surface area contributed by atoms with Crippen LogP contribution in [0.4, 0.5) is 0 Å². The molecule has 106 valence electrons. The van der Waals surface area contributed by atoms with E-state index < -0.39 is 0 Å². The molecule has 0 saturated carbocycles. The summed E-state index contributed by atoms with van der Waals surface area (Å²) in [5, 5.41) is 8.01. The third-order valence-electron chi connectivity index (χ3n) is 3.43. The molecular weight excluding hydrogens is 326 g/mol. The molecule has 0 unspecified atom stereocenters. The topological polar surface area (TPSA) is 72.4 Å². The molecule has 0 aromatic carbocycles. The molecule has 1 saturated heterocycles. The summed E-state index contributed by atoms with van der Waals surface area (Å²) >= 11 is 3.24. The number of aldehydes is 1. The minimum atomic E-state index is 0.199. The molecule has 0 spiro atoms. The van der Waals surface area contributed by atoms with Gasteiger partial charge >= 0.3 is 0 Å². The highest BCUT2D eigenvalue weighted by Gasteiger charge is 2.21. The monoisotopic (exact) mass is 339 g/mol. The van der Waals surface area contributed by atoms with E-state index in [1.165, 1.54) is 0 Å². The molecule has 6 nitrogen and oxygen atoms in total. The zero-order valence-corrected chi connectivity index (χ0v) is 12.4. The van der Waals surface area contributed by atoms with Gasteiger partial charge in [-0.2, -0.15) is 0 Å². The molecule has 0 amide bonds. The van der Waals surface area contributed by atoms with Crippen molar-refractivity contribution < 1.29 is 13.6 Å². The number of carbonyl (C=O) groups is 1. The van der Waals surface area contributed by atoms with Crippen molar-refractivity contribution >= 4 is 22.2 Å². The van der Waals surface area contributed by atoms with Gasteiger partial charge in [0.2, 0.25) is 5.89 Å². The molecule has 1 aliphatic rings. The Labute approximate surface area is 124 Å². The van der Waals surface area contributed by atoms with Gasteiger partial charge in [-0.25, -0.2) is 0 Å². The van der Waals surface area contributed by atoms with E-state index >= 15 is 0 Å². The van der Waals surface area contributed by atoms with Gasteiger partial charge in [-0.3, -0.25) is 4.90 Å². The van der Waals surface area contributed by atoms with Gasteiger partial charge in [-0.15, -0.1) is 10.2 Å². The summed E-state index contributed by atoms with van der Waals surface area (Å²) in [7, 11) is 0. The van der Waals surface area contributed by atoms with Crippen molar-refractivity contribution in [2.24, 2.45) is 5.92 Å². The van der Waals surface area contributed by atoms with Gasteiger partial charge in [0.15, 0.2) is 10.4 Å². The van der Waals surface area contributed by atoms with Crippen LogP contribution in [0, 0.1) is 5.92 Å². The van der Waals surface area contributed by atoms with E-state index in [0.29, 0.717) is 28.8 Å². The van der Waals surface area contributed by atoms with Crippen LogP contribution in [-0.2, 0) is 11.3 Å². The second-order valence-corrected chi connectivity index (χ2v) is 5.64. The number of carbonyl (C=O) groups excluding carboxylic acids is 1. The number of hydrogen-bond acceptors (Lipinski definition) is 6. The Kier molecular flexibility index (Phi) is 3.98. The second-order valence-electron chi connectivity index (χ2n) is 4.85. The number of nitrogens with zero attached hydrogens (tertiary/aromatic N) is 3. The first-order chi connectivity index (χ1) is 9.74. The molecule has 7 heteroatoms. The number of aromatic nitrogens is 2. The Bertz CT molecular complexity index is 587. The van der Waals surface area contributed by atoms with Crippen LogP contribution >= 0.6 is 15.9 Å². The molecule has 1 aliphatic heterocycles. The average Bonchev–Trinajstić information content (AvgIpc) is 3.09. The van der Waals surface area contributed by atoms with Crippen LogP contribution in [-0.4, -0.2) is 34.5 Å². The SMILES string of the molecule is O=CC1CCN(Cc2nnc(-c3ccc(Br)o3)o2)CC1. The van der Waals surface area contributed by atoms with Gasteiger partial charge in [0.05, 0.1) is 6.54 Å². The van der Waals surface area contributed by atoms with Crippen molar-refractivity contribution in [2.75, 3.05) is 13.1 Å². The standard InChI is InChI=1S/C13H14BrN3O3/c14-11-2-1-10(19-11)13-16-15-12(20-13)7-17-5-3-9(8-18)4-6-17/h1-2,8-9H,3-7H2. The molecule has 3 rings (SSSR count). The second kappa shape index (κ2) is 5.88. The predicted molar refractivity (Wildman–Crippen MR) is 73.8 cm³/mol. The molecule has 1 fully saturated rings. The number of furan rings is 1. The summed E-state index contributed by atoms with van der Waals surface area (Å²) < 4.78 is 11.6. The summed E-state index contributed by atoms with van der Waals surface area (Å²) in [6.07, 6.45) is 2.85. The van der Waals surface area contributed by atoms with Crippen LogP contribution in [0.3, 0.4) is 0 Å². The highest BCUT2D eigenvalue weighted by Crippen LogP contribution is 2.24. The molecule has 2 aromatic heterocycles. The van der Waals surface area contributed by atoms with Crippen LogP contribution in [0.15, 0.2) is 25.6 Å². The van der Waals surface area contributed by atoms with E-state index in [9.17, 15) is 4.79 Å². The highest BCUT2D eigenvalue weighted by molar-refractivity contribution is 9.10. The smallest absolute Gasteiger partial charge is 0.283 e. The quantitative estimate of drug-likeness (QED) is 0.797. The Morgan fingerprint density at radius 3 is 2.75 bits per heavy atom. The minimum absolute atomic E-state index is 0.199. The van der Waals surface area contributed by atoms with E-state index in [2.05, 4.69) is 31.0 Å². The summed E-state index contributed by atoms with van der Waals surface area (Å²) in [6.45, 7) is 2.38. The predicted octanol–water partition coefficient (Wildman–Crippen LogP) is 2.50. The summed E-state index contributed by atoms with van der Waals surface area (Å²) in [4.78, 5) is 12.9. The lowest BCUT2D eigenvalue weighted by atomic mass is 9.99. The normalized spacial score (nSPS) is 17.4. The molecule has 3 heterocycles. The Morgan fingerprint density at radius 1 is 1.30 bits per heavy atom. The van der Waals surface area contributed by atoms with Crippen LogP contribution in [0.1, 0.15) is 18.7 Å². The van der Waals surface area contributed by atoms with Gasteiger partial charge in [-0.05, 0) is 54.0 Å². The lowest BCUT2D eigenvalue weighted by molar-refractivity contribution is -0.112. The number of hydrogen-bond donors (Lipinski definition) is 0. The maximum absolute atomic E-state index is 10.7. The van der Waals surface area contributed by atoms with Crippen LogP contribution in [0.5, 0.6) is 0 Å². The number of rotatable bonds is 4. The van der Waals surface area contributed by atoms with E-state index in [-0.39, 0.29) is 5.92 Å². The van der Waals surface area contributed by atoms with Gasteiger partial charge in [0.1, 0.15) is 6.29 Å². The average molecular weight is 340 g/mol. The Hall–Kier alpha value is -1.47. The molecule has 2 aromatic rings. The molecule has 0 bridgehead atoms. The minimum Gasteiger partial charge on any atom is -0.444 e. The fourth-order valence-electron chi connectivity index (χ4n) is 2.28. The molecule has 0 atom stereocenters. The van der Waals surface area contributed by atoms with E-state index in [0.717, 1.165) is 32.2 Å². The van der Waals surface area contributed by atoms with Crippen molar-refractivity contribution in [3.63, 3.8) is 0 Å². The molecule has 0 aliphatic carbocycles. The fraction of sp³-hybridized carbons (Fsp3) is 0.462. The van der Waals surface area contributed by atoms with E-state index in [1.54, 1.807) is 12.1 Å². The number of likely N-dealkylation sites (tertiary alicyclic amines) is 1. The van der Waals surface area contributed by atoms with Crippen LogP contribution in [0.2, 0.25) is 0 Å². The van der Waals surface area contributed by atoms with E-state index in [4.69, 9.17) is 8.83 Å². The van der Waals surface area contributed by atoms with Crippen LogP contribution < -0.4 is 0 Å². The lowest BCUT2D eigenvalue weighted by Gasteiger charge is -2.28. The molecule has 20 heavy (non-hydrogen) atoms. The third-order valence-corrected chi connectivity index (χ3v) is 3.86. The Balaban J connectivity index is 1.62. The molecular formula is C13H14BrN3O3.